The van der Waals surface area contributed by atoms with Crippen LogP contribution in [0.5, 0.6) is 11.5 Å². The zero-order valence-electron chi connectivity index (χ0n) is 21.5. The van der Waals surface area contributed by atoms with Crippen molar-refractivity contribution < 1.29 is 38.1 Å². The van der Waals surface area contributed by atoms with Gasteiger partial charge in [0, 0.05) is 6.42 Å². The van der Waals surface area contributed by atoms with Gasteiger partial charge in [-0.05, 0) is 70.7 Å². The number of carbonyl (C=O) groups excluding carboxylic acids is 3. The summed E-state index contributed by atoms with van der Waals surface area (Å²) in [6.45, 7) is 7.66. The Balaban J connectivity index is 1.99. The molecule has 0 aromatic heterocycles. The van der Waals surface area contributed by atoms with Crippen molar-refractivity contribution >= 4 is 17.9 Å². The van der Waals surface area contributed by atoms with Crippen molar-refractivity contribution in [1.82, 2.24) is 0 Å². The third-order valence-corrected chi connectivity index (χ3v) is 4.75. The van der Waals surface area contributed by atoms with Gasteiger partial charge in [-0.2, -0.15) is 0 Å². The molecule has 0 amide bonds. The summed E-state index contributed by atoms with van der Waals surface area (Å²) >= 11 is 0. The zero-order chi connectivity index (χ0) is 26.4. The van der Waals surface area contributed by atoms with Gasteiger partial charge in [0.2, 0.25) is 0 Å². The average molecular weight is 501 g/mol. The molecule has 196 valence electrons. The van der Waals surface area contributed by atoms with E-state index in [1.54, 1.807) is 39.8 Å². The fraction of sp³-hybridized carbons (Fsp3) is 0.464. The summed E-state index contributed by atoms with van der Waals surface area (Å²) < 4.78 is 27.1. The summed E-state index contributed by atoms with van der Waals surface area (Å²) in [6, 6.07) is 14.0. The van der Waals surface area contributed by atoms with Crippen LogP contribution in [0.3, 0.4) is 0 Å². The van der Waals surface area contributed by atoms with Crippen LogP contribution in [0.15, 0.2) is 48.5 Å². The minimum absolute atomic E-state index is 0.146. The Kier molecular flexibility index (Phi) is 11.8. The number of unbranched alkanes of at least 4 members (excludes halogenated alkanes) is 2. The number of esters is 3. The molecule has 0 heterocycles. The molecule has 0 radical (unpaired) electrons. The maximum absolute atomic E-state index is 12.6. The molecule has 0 unspecified atom stereocenters. The van der Waals surface area contributed by atoms with Gasteiger partial charge in [0.05, 0.1) is 18.8 Å². The predicted octanol–water partition coefficient (Wildman–Crippen LogP) is 5.27. The Morgan fingerprint density at radius 1 is 0.806 bits per heavy atom. The molecule has 2 rings (SSSR count). The molecule has 0 N–H and O–H groups in total. The van der Waals surface area contributed by atoms with E-state index < -0.39 is 17.5 Å². The highest BCUT2D eigenvalue weighted by Crippen LogP contribution is 2.29. The van der Waals surface area contributed by atoms with Crippen LogP contribution in [0.1, 0.15) is 69.3 Å². The lowest BCUT2D eigenvalue weighted by Crippen LogP contribution is -2.27. The van der Waals surface area contributed by atoms with Crippen molar-refractivity contribution in [3.05, 3.63) is 59.7 Å². The van der Waals surface area contributed by atoms with E-state index in [0.29, 0.717) is 49.5 Å². The molecule has 0 atom stereocenters. The van der Waals surface area contributed by atoms with E-state index in [0.717, 1.165) is 12.0 Å². The van der Waals surface area contributed by atoms with E-state index in [-0.39, 0.29) is 19.2 Å². The number of benzene rings is 2. The smallest absolute Gasteiger partial charge is 0.344 e. The van der Waals surface area contributed by atoms with Crippen LogP contribution in [0.4, 0.5) is 0 Å². The van der Waals surface area contributed by atoms with Gasteiger partial charge in [0.1, 0.15) is 12.2 Å². The second-order valence-electron chi connectivity index (χ2n) is 9.06. The first kappa shape index (κ1) is 28.7. The molecule has 0 saturated heterocycles. The molecule has 0 saturated carbocycles. The first-order valence-corrected chi connectivity index (χ1v) is 12.2. The van der Waals surface area contributed by atoms with Crippen molar-refractivity contribution in [3.8, 4) is 11.5 Å². The normalized spacial score (nSPS) is 10.9. The highest BCUT2D eigenvalue weighted by atomic mass is 16.6. The van der Waals surface area contributed by atoms with Crippen LogP contribution in [0.2, 0.25) is 0 Å². The predicted molar refractivity (Wildman–Crippen MR) is 134 cm³/mol. The van der Waals surface area contributed by atoms with Gasteiger partial charge in [-0.15, -0.1) is 0 Å². The molecule has 2 aromatic carbocycles. The Bertz CT molecular complexity index is 979. The summed E-state index contributed by atoms with van der Waals surface area (Å²) in [5.74, 6) is -0.598. The van der Waals surface area contributed by atoms with Gasteiger partial charge in [0.15, 0.2) is 18.1 Å². The quantitative estimate of drug-likeness (QED) is 0.197. The largest absolute Gasteiger partial charge is 0.490 e. The van der Waals surface area contributed by atoms with E-state index in [1.165, 1.54) is 6.07 Å². The summed E-state index contributed by atoms with van der Waals surface area (Å²) in [6.07, 6.45) is 2.51. The molecule has 8 nitrogen and oxygen atoms in total. The summed E-state index contributed by atoms with van der Waals surface area (Å²) in [7, 11) is 0. The Morgan fingerprint density at radius 2 is 1.56 bits per heavy atom. The lowest BCUT2D eigenvalue weighted by Gasteiger charge is -2.20. The second kappa shape index (κ2) is 14.8. The van der Waals surface area contributed by atoms with Crippen LogP contribution >= 0.6 is 0 Å². The number of hydrogen-bond acceptors (Lipinski definition) is 8. The van der Waals surface area contributed by atoms with Crippen molar-refractivity contribution in [1.29, 1.82) is 0 Å². The van der Waals surface area contributed by atoms with E-state index >= 15 is 0 Å². The maximum Gasteiger partial charge on any atom is 0.344 e. The van der Waals surface area contributed by atoms with Crippen molar-refractivity contribution in [2.75, 3.05) is 19.8 Å². The Labute approximate surface area is 212 Å². The monoisotopic (exact) mass is 500 g/mol. The summed E-state index contributed by atoms with van der Waals surface area (Å²) in [5, 5.41) is 0. The second-order valence-corrected chi connectivity index (χ2v) is 9.06. The maximum atomic E-state index is 12.6. The highest BCUT2D eigenvalue weighted by Gasteiger charge is 2.18. The molecule has 36 heavy (non-hydrogen) atoms. The molecule has 0 bridgehead atoms. The lowest BCUT2D eigenvalue weighted by atomic mass is 10.2. The van der Waals surface area contributed by atoms with E-state index in [9.17, 15) is 14.4 Å². The molecule has 0 aliphatic rings. The SMILES string of the molecule is CCOC(=O)CCCCCOc1cc(C(=O)OCc2ccccc2)ccc1OCC(=O)OC(C)(C)C. The lowest BCUT2D eigenvalue weighted by molar-refractivity contribution is -0.157. The van der Waals surface area contributed by atoms with Gasteiger partial charge in [-0.3, -0.25) is 4.79 Å². The highest BCUT2D eigenvalue weighted by molar-refractivity contribution is 5.90. The molecule has 0 fully saturated rings. The summed E-state index contributed by atoms with van der Waals surface area (Å²) in [4.78, 5) is 36.1. The van der Waals surface area contributed by atoms with Crippen LogP contribution in [-0.2, 0) is 30.4 Å². The topological polar surface area (TPSA) is 97.4 Å². The third-order valence-electron chi connectivity index (χ3n) is 4.75. The fourth-order valence-corrected chi connectivity index (χ4v) is 3.14. The first-order chi connectivity index (χ1) is 17.2. The molecular formula is C28H36O8. The summed E-state index contributed by atoms with van der Waals surface area (Å²) in [5.41, 5.74) is 0.547. The Hall–Kier alpha value is -3.55. The minimum atomic E-state index is -0.629. The van der Waals surface area contributed by atoms with Crippen molar-refractivity contribution in [2.45, 2.75) is 65.6 Å². The number of hydrogen-bond donors (Lipinski definition) is 0. The van der Waals surface area contributed by atoms with Crippen LogP contribution in [0, 0.1) is 0 Å². The molecular weight excluding hydrogens is 464 g/mol. The van der Waals surface area contributed by atoms with Crippen LogP contribution < -0.4 is 9.47 Å². The van der Waals surface area contributed by atoms with Crippen LogP contribution in [0.25, 0.3) is 0 Å². The first-order valence-electron chi connectivity index (χ1n) is 12.2. The van der Waals surface area contributed by atoms with Gasteiger partial charge in [-0.25, -0.2) is 9.59 Å². The molecule has 0 aliphatic carbocycles. The molecule has 0 aliphatic heterocycles. The fourth-order valence-electron chi connectivity index (χ4n) is 3.14. The third kappa shape index (κ3) is 11.3. The molecule has 0 spiro atoms. The number of rotatable bonds is 14. The standard InChI is InChI=1S/C28H36O8/c1-5-32-25(29)14-10-7-11-17-33-24-18-22(27(31)35-19-21-12-8-6-9-13-21)15-16-23(24)34-20-26(30)36-28(2,3)4/h6,8-9,12-13,15-16,18H,5,7,10-11,14,17,19-20H2,1-4H3. The number of carbonyl (C=O) groups is 3. The van der Waals surface area contributed by atoms with Gasteiger partial charge >= 0.3 is 17.9 Å². The van der Waals surface area contributed by atoms with E-state index in [2.05, 4.69) is 0 Å². The molecule has 2 aromatic rings. The number of ether oxygens (including phenoxy) is 5. The van der Waals surface area contributed by atoms with E-state index in [4.69, 9.17) is 23.7 Å². The van der Waals surface area contributed by atoms with Crippen LogP contribution in [-0.4, -0.2) is 43.3 Å². The average Bonchev–Trinajstić information content (AvgIpc) is 2.83. The zero-order valence-corrected chi connectivity index (χ0v) is 21.5. The van der Waals surface area contributed by atoms with Crippen molar-refractivity contribution in [2.24, 2.45) is 0 Å². The Morgan fingerprint density at radius 3 is 2.25 bits per heavy atom. The van der Waals surface area contributed by atoms with Gasteiger partial charge in [0.25, 0.3) is 0 Å². The molecule has 8 heteroatoms. The van der Waals surface area contributed by atoms with Crippen molar-refractivity contribution in [3.63, 3.8) is 0 Å². The van der Waals surface area contributed by atoms with Gasteiger partial charge in [-0.1, -0.05) is 30.3 Å². The minimum Gasteiger partial charge on any atom is -0.490 e. The van der Waals surface area contributed by atoms with Gasteiger partial charge < -0.3 is 23.7 Å². The van der Waals surface area contributed by atoms with E-state index in [1.807, 2.05) is 30.3 Å².